The fraction of sp³-hybridized carbons (Fsp3) is 0.464. The van der Waals surface area contributed by atoms with Crippen molar-refractivity contribution in [3.63, 3.8) is 0 Å². The summed E-state index contributed by atoms with van der Waals surface area (Å²) in [4.78, 5) is 8.77. The van der Waals surface area contributed by atoms with Crippen LogP contribution in [0.2, 0.25) is 0 Å². The standard InChI is InChI=1S/C28H37N3O2/c1-3-28(31-17-16-29-21-25(31)19-22-10-5-4-6-11-22)33-30-27-15-8-7-13-24(27)18-23-12-9-14-26(20-23)32-2/h4-6,9-12,14,18,20,25,28-29H,3,7-8,13,15-17,19,21H2,1-2H3/b24-18-,30-27+. The van der Waals surface area contributed by atoms with Crippen LogP contribution in [0, 0.1) is 0 Å². The Morgan fingerprint density at radius 3 is 2.79 bits per heavy atom. The van der Waals surface area contributed by atoms with Gasteiger partial charge in [-0.3, -0.25) is 4.90 Å². The zero-order valence-corrected chi connectivity index (χ0v) is 20.0. The van der Waals surface area contributed by atoms with Crippen molar-refractivity contribution in [2.75, 3.05) is 26.7 Å². The molecule has 0 aromatic heterocycles. The number of benzene rings is 2. The van der Waals surface area contributed by atoms with Gasteiger partial charge in [-0.2, -0.15) is 0 Å². The Morgan fingerprint density at radius 2 is 1.97 bits per heavy atom. The van der Waals surface area contributed by atoms with Crippen molar-refractivity contribution in [2.45, 2.75) is 57.7 Å². The normalized spacial score (nSPS) is 22.9. The number of hydrogen-bond donors (Lipinski definition) is 1. The highest BCUT2D eigenvalue weighted by molar-refractivity contribution is 6.04. The minimum Gasteiger partial charge on any atom is -0.497 e. The van der Waals surface area contributed by atoms with Crippen molar-refractivity contribution in [2.24, 2.45) is 5.16 Å². The molecule has 2 aromatic rings. The van der Waals surface area contributed by atoms with E-state index in [1.165, 1.54) is 24.0 Å². The highest BCUT2D eigenvalue weighted by Crippen LogP contribution is 2.26. The average Bonchev–Trinajstić information content (AvgIpc) is 2.87. The molecular weight excluding hydrogens is 410 g/mol. The highest BCUT2D eigenvalue weighted by Gasteiger charge is 2.29. The van der Waals surface area contributed by atoms with Gasteiger partial charge in [0.05, 0.1) is 12.8 Å². The number of ether oxygens (including phenoxy) is 1. The molecule has 1 heterocycles. The van der Waals surface area contributed by atoms with Gasteiger partial charge in [0.2, 0.25) is 0 Å². The number of oxime groups is 1. The van der Waals surface area contributed by atoms with Crippen LogP contribution in [-0.2, 0) is 11.3 Å². The molecule has 5 nitrogen and oxygen atoms in total. The van der Waals surface area contributed by atoms with Crippen molar-refractivity contribution in [3.8, 4) is 5.75 Å². The molecule has 1 saturated heterocycles. The van der Waals surface area contributed by atoms with E-state index < -0.39 is 0 Å². The molecule has 2 aliphatic rings. The lowest BCUT2D eigenvalue weighted by atomic mass is 9.91. The van der Waals surface area contributed by atoms with Crippen LogP contribution in [0.1, 0.15) is 50.2 Å². The van der Waals surface area contributed by atoms with E-state index >= 15 is 0 Å². The highest BCUT2D eigenvalue weighted by atomic mass is 16.6. The number of nitrogens with zero attached hydrogens (tertiary/aromatic N) is 2. The van der Waals surface area contributed by atoms with Gasteiger partial charge in [-0.05, 0) is 73.4 Å². The SMILES string of the molecule is CCC(O/N=C1\CCCC\C1=C\c1cccc(OC)c1)N1CCNCC1Cc1ccccc1. The fourth-order valence-corrected chi connectivity index (χ4v) is 4.83. The van der Waals surface area contributed by atoms with Crippen molar-refractivity contribution in [1.29, 1.82) is 0 Å². The molecular formula is C28H37N3O2. The van der Waals surface area contributed by atoms with E-state index in [2.05, 4.69) is 65.7 Å². The zero-order valence-electron chi connectivity index (χ0n) is 20.0. The zero-order chi connectivity index (χ0) is 22.9. The summed E-state index contributed by atoms with van der Waals surface area (Å²) in [7, 11) is 1.71. The monoisotopic (exact) mass is 447 g/mol. The third-order valence-corrected chi connectivity index (χ3v) is 6.63. The summed E-state index contributed by atoms with van der Waals surface area (Å²) in [6.45, 7) is 5.14. The predicted molar refractivity (Wildman–Crippen MR) is 136 cm³/mol. The maximum Gasteiger partial charge on any atom is 0.181 e. The second-order valence-corrected chi connectivity index (χ2v) is 8.95. The summed E-state index contributed by atoms with van der Waals surface area (Å²) in [5, 5.41) is 8.31. The summed E-state index contributed by atoms with van der Waals surface area (Å²) >= 11 is 0. The second kappa shape index (κ2) is 12.0. The maximum absolute atomic E-state index is 6.27. The van der Waals surface area contributed by atoms with E-state index in [9.17, 15) is 0 Å². The number of methoxy groups -OCH3 is 1. The first-order valence-electron chi connectivity index (χ1n) is 12.3. The first kappa shape index (κ1) is 23.5. The van der Waals surface area contributed by atoms with Crippen LogP contribution >= 0.6 is 0 Å². The first-order valence-corrected chi connectivity index (χ1v) is 12.3. The summed E-state index contributed by atoms with van der Waals surface area (Å²) < 4.78 is 5.39. The van der Waals surface area contributed by atoms with E-state index in [1.807, 2.05) is 12.1 Å². The van der Waals surface area contributed by atoms with Gasteiger partial charge in [-0.15, -0.1) is 0 Å². The molecule has 2 unspecified atom stereocenters. The van der Waals surface area contributed by atoms with Crippen LogP contribution in [0.3, 0.4) is 0 Å². The van der Waals surface area contributed by atoms with Crippen LogP contribution in [0.4, 0.5) is 0 Å². The quantitative estimate of drug-likeness (QED) is 0.560. The van der Waals surface area contributed by atoms with Crippen LogP contribution in [0.15, 0.2) is 65.3 Å². The molecule has 1 saturated carbocycles. The Labute approximate surface area is 198 Å². The van der Waals surface area contributed by atoms with Gasteiger partial charge in [0, 0.05) is 25.7 Å². The van der Waals surface area contributed by atoms with Crippen LogP contribution in [0.25, 0.3) is 6.08 Å². The van der Waals surface area contributed by atoms with Crippen molar-refractivity contribution < 1.29 is 9.57 Å². The van der Waals surface area contributed by atoms with Crippen molar-refractivity contribution >= 4 is 11.8 Å². The predicted octanol–water partition coefficient (Wildman–Crippen LogP) is 5.28. The Bertz CT molecular complexity index is 941. The molecule has 0 radical (unpaired) electrons. The molecule has 0 amide bonds. The smallest absolute Gasteiger partial charge is 0.181 e. The number of nitrogens with one attached hydrogen (secondary N) is 1. The van der Waals surface area contributed by atoms with Gasteiger partial charge in [0.1, 0.15) is 5.75 Å². The summed E-state index contributed by atoms with van der Waals surface area (Å²) in [6.07, 6.45) is 8.55. The third kappa shape index (κ3) is 6.46. The lowest BCUT2D eigenvalue weighted by Crippen LogP contribution is -2.56. The molecule has 1 aliphatic heterocycles. The lowest BCUT2D eigenvalue weighted by molar-refractivity contribution is -0.0861. The third-order valence-electron chi connectivity index (χ3n) is 6.63. The number of piperazine rings is 1. The van der Waals surface area contributed by atoms with Gasteiger partial charge in [-0.25, -0.2) is 0 Å². The summed E-state index contributed by atoms with van der Waals surface area (Å²) in [6, 6.07) is 19.4. The molecule has 1 aliphatic carbocycles. The molecule has 4 rings (SSSR count). The Hall–Kier alpha value is -2.63. The van der Waals surface area contributed by atoms with E-state index in [4.69, 9.17) is 14.7 Å². The molecule has 2 atom stereocenters. The van der Waals surface area contributed by atoms with Gasteiger partial charge in [0.15, 0.2) is 6.23 Å². The molecule has 5 heteroatoms. The maximum atomic E-state index is 6.27. The molecule has 33 heavy (non-hydrogen) atoms. The van der Waals surface area contributed by atoms with Crippen molar-refractivity contribution in [3.05, 3.63) is 71.3 Å². The van der Waals surface area contributed by atoms with E-state index in [1.54, 1.807) is 7.11 Å². The van der Waals surface area contributed by atoms with Crippen LogP contribution < -0.4 is 10.1 Å². The Balaban J connectivity index is 1.48. The van der Waals surface area contributed by atoms with Crippen LogP contribution in [-0.4, -0.2) is 49.6 Å². The minimum absolute atomic E-state index is 0.00620. The molecule has 0 spiro atoms. The second-order valence-electron chi connectivity index (χ2n) is 8.95. The lowest BCUT2D eigenvalue weighted by Gasteiger charge is -2.40. The summed E-state index contributed by atoms with van der Waals surface area (Å²) in [5.41, 5.74) is 4.90. The minimum atomic E-state index is -0.00620. The molecule has 2 fully saturated rings. The number of rotatable bonds is 8. The van der Waals surface area contributed by atoms with E-state index in [0.717, 1.165) is 62.3 Å². The summed E-state index contributed by atoms with van der Waals surface area (Å²) in [5.74, 6) is 0.879. The largest absolute Gasteiger partial charge is 0.497 e. The van der Waals surface area contributed by atoms with Gasteiger partial charge < -0.3 is 14.9 Å². The van der Waals surface area contributed by atoms with E-state index in [0.29, 0.717) is 6.04 Å². The molecule has 176 valence electrons. The first-order chi connectivity index (χ1) is 16.3. The fourth-order valence-electron chi connectivity index (χ4n) is 4.83. The molecule has 1 N–H and O–H groups in total. The average molecular weight is 448 g/mol. The molecule has 2 aromatic carbocycles. The van der Waals surface area contributed by atoms with E-state index in [-0.39, 0.29) is 6.23 Å². The van der Waals surface area contributed by atoms with Crippen LogP contribution in [0.5, 0.6) is 5.75 Å². The Kier molecular flexibility index (Phi) is 8.56. The van der Waals surface area contributed by atoms with Gasteiger partial charge in [0.25, 0.3) is 0 Å². The van der Waals surface area contributed by atoms with Gasteiger partial charge >= 0.3 is 0 Å². The number of hydrogen-bond acceptors (Lipinski definition) is 5. The van der Waals surface area contributed by atoms with Crippen molar-refractivity contribution in [1.82, 2.24) is 10.2 Å². The Morgan fingerprint density at radius 1 is 1.12 bits per heavy atom. The molecule has 0 bridgehead atoms. The number of allylic oxidation sites excluding steroid dienone is 1. The topological polar surface area (TPSA) is 46.1 Å². The van der Waals surface area contributed by atoms with Gasteiger partial charge in [-0.1, -0.05) is 54.5 Å².